The smallest absolute Gasteiger partial charge is 0.191 e. The van der Waals surface area contributed by atoms with Crippen LogP contribution in [0.15, 0.2) is 41.4 Å². The molecule has 24 heavy (non-hydrogen) atoms. The van der Waals surface area contributed by atoms with Crippen molar-refractivity contribution in [3.05, 3.63) is 56.7 Å². The molecule has 0 saturated heterocycles. The van der Waals surface area contributed by atoms with E-state index in [1.807, 2.05) is 18.2 Å². The number of hydrogen-bond donors (Lipinski definition) is 3. The summed E-state index contributed by atoms with van der Waals surface area (Å²) >= 11 is 7.28. The Hall–Kier alpha value is -0.830. The second kappa shape index (κ2) is 10.2. The summed E-state index contributed by atoms with van der Waals surface area (Å²) in [6.45, 7) is 4.55. The molecule has 0 aliphatic heterocycles. The van der Waals surface area contributed by atoms with Crippen LogP contribution in [0.2, 0.25) is 4.34 Å². The standard InChI is InChI=1S/C17H22ClN3OS.HI/c1-11-6-4-5-7-13(11)12(2)21-17(19-3)20-10-14(22)15-8-9-16(18)23-15;/h4-9,12,14,22H,10H2,1-3H3,(H2,19,20,21);1H. The molecule has 132 valence electrons. The number of aliphatic hydroxyl groups excluding tert-OH is 1. The average Bonchev–Trinajstić information content (AvgIpc) is 2.98. The van der Waals surface area contributed by atoms with Gasteiger partial charge in [-0.05, 0) is 37.1 Å². The number of rotatable bonds is 5. The molecule has 7 heteroatoms. The number of thiophene rings is 1. The molecule has 0 spiro atoms. The third-order valence-electron chi connectivity index (χ3n) is 3.62. The van der Waals surface area contributed by atoms with E-state index in [9.17, 15) is 5.11 Å². The molecule has 0 aliphatic carbocycles. The molecule has 4 nitrogen and oxygen atoms in total. The molecular weight excluding hydrogens is 457 g/mol. The van der Waals surface area contributed by atoms with Crippen molar-refractivity contribution in [2.75, 3.05) is 13.6 Å². The summed E-state index contributed by atoms with van der Waals surface area (Å²) in [4.78, 5) is 5.05. The Morgan fingerprint density at radius 1 is 1.29 bits per heavy atom. The van der Waals surface area contributed by atoms with Crippen LogP contribution in [0, 0.1) is 6.92 Å². The maximum Gasteiger partial charge on any atom is 0.191 e. The van der Waals surface area contributed by atoms with Crippen molar-refractivity contribution in [1.82, 2.24) is 10.6 Å². The van der Waals surface area contributed by atoms with E-state index in [0.717, 1.165) is 4.88 Å². The van der Waals surface area contributed by atoms with Gasteiger partial charge in [0.15, 0.2) is 5.96 Å². The highest BCUT2D eigenvalue weighted by atomic mass is 127. The van der Waals surface area contributed by atoms with Gasteiger partial charge < -0.3 is 15.7 Å². The van der Waals surface area contributed by atoms with Crippen molar-refractivity contribution in [3.8, 4) is 0 Å². The van der Waals surface area contributed by atoms with Gasteiger partial charge in [0.25, 0.3) is 0 Å². The number of aliphatic imine (C=N–C) groups is 1. The molecular formula is C17H23ClIN3OS. The fourth-order valence-electron chi connectivity index (χ4n) is 2.35. The first-order chi connectivity index (χ1) is 11.0. The van der Waals surface area contributed by atoms with Crippen LogP contribution in [0.3, 0.4) is 0 Å². The minimum absolute atomic E-state index is 0. The Bertz CT molecular complexity index is 677. The Morgan fingerprint density at radius 2 is 2.00 bits per heavy atom. The topological polar surface area (TPSA) is 56.7 Å². The van der Waals surface area contributed by atoms with Crippen LogP contribution in [0.1, 0.15) is 35.1 Å². The first kappa shape index (κ1) is 21.2. The summed E-state index contributed by atoms with van der Waals surface area (Å²) in [7, 11) is 1.72. The minimum atomic E-state index is -0.611. The van der Waals surface area contributed by atoms with Gasteiger partial charge in [0.1, 0.15) is 6.10 Å². The lowest BCUT2D eigenvalue weighted by Gasteiger charge is -2.20. The fourth-order valence-corrected chi connectivity index (χ4v) is 3.40. The molecule has 2 atom stereocenters. The molecule has 0 fully saturated rings. The van der Waals surface area contributed by atoms with Crippen LogP contribution in [0.25, 0.3) is 0 Å². The number of benzene rings is 1. The zero-order valence-electron chi connectivity index (χ0n) is 13.9. The van der Waals surface area contributed by atoms with Crippen molar-refractivity contribution >= 4 is 52.9 Å². The first-order valence-electron chi connectivity index (χ1n) is 7.47. The van der Waals surface area contributed by atoms with Crippen molar-refractivity contribution in [2.24, 2.45) is 4.99 Å². The molecule has 0 radical (unpaired) electrons. The Morgan fingerprint density at radius 3 is 2.58 bits per heavy atom. The molecule has 2 unspecified atom stereocenters. The van der Waals surface area contributed by atoms with Gasteiger partial charge in [-0.2, -0.15) is 0 Å². The highest BCUT2D eigenvalue weighted by Gasteiger charge is 2.13. The third-order valence-corrected chi connectivity index (χ3v) is 4.95. The molecule has 1 aromatic heterocycles. The summed E-state index contributed by atoms with van der Waals surface area (Å²) in [6, 6.07) is 12.0. The maximum atomic E-state index is 10.2. The Balaban J connectivity index is 0.00000288. The molecule has 1 heterocycles. The fraction of sp³-hybridized carbons (Fsp3) is 0.353. The summed E-state index contributed by atoms with van der Waals surface area (Å²) in [6.07, 6.45) is -0.611. The van der Waals surface area contributed by atoms with Crippen molar-refractivity contribution in [3.63, 3.8) is 0 Å². The molecule has 0 aliphatic rings. The minimum Gasteiger partial charge on any atom is -0.386 e. The Kier molecular flexibility index (Phi) is 9.04. The molecule has 1 aromatic carbocycles. The molecule has 0 amide bonds. The summed E-state index contributed by atoms with van der Waals surface area (Å²) in [5, 5.41) is 16.7. The number of nitrogens with zero attached hydrogens (tertiary/aromatic N) is 1. The monoisotopic (exact) mass is 479 g/mol. The van der Waals surface area contributed by atoms with Gasteiger partial charge in [-0.15, -0.1) is 35.3 Å². The second-order valence-corrected chi connectivity index (χ2v) is 7.08. The van der Waals surface area contributed by atoms with Crippen LogP contribution in [0.4, 0.5) is 0 Å². The largest absolute Gasteiger partial charge is 0.386 e. The number of hydrogen-bond acceptors (Lipinski definition) is 3. The zero-order chi connectivity index (χ0) is 16.8. The number of halogens is 2. The van der Waals surface area contributed by atoms with Gasteiger partial charge in [-0.25, -0.2) is 0 Å². The van der Waals surface area contributed by atoms with E-state index in [0.29, 0.717) is 16.8 Å². The van der Waals surface area contributed by atoms with Gasteiger partial charge >= 0.3 is 0 Å². The van der Waals surface area contributed by atoms with Crippen LogP contribution in [-0.2, 0) is 0 Å². The van der Waals surface area contributed by atoms with Crippen molar-refractivity contribution in [2.45, 2.75) is 26.0 Å². The Labute approximate surface area is 169 Å². The highest BCUT2D eigenvalue weighted by Crippen LogP contribution is 2.26. The highest BCUT2D eigenvalue weighted by molar-refractivity contribution is 14.0. The van der Waals surface area contributed by atoms with E-state index in [-0.39, 0.29) is 30.0 Å². The van der Waals surface area contributed by atoms with Gasteiger partial charge in [-0.1, -0.05) is 35.9 Å². The normalized spacial score (nSPS) is 13.8. The van der Waals surface area contributed by atoms with E-state index >= 15 is 0 Å². The number of guanidine groups is 1. The molecule has 2 rings (SSSR count). The lowest BCUT2D eigenvalue weighted by atomic mass is 10.0. The van der Waals surface area contributed by atoms with Crippen LogP contribution in [0.5, 0.6) is 0 Å². The third kappa shape index (κ3) is 5.91. The van der Waals surface area contributed by atoms with Crippen LogP contribution in [-0.4, -0.2) is 24.7 Å². The lowest BCUT2D eigenvalue weighted by Crippen LogP contribution is -2.40. The van der Waals surface area contributed by atoms with E-state index < -0.39 is 6.10 Å². The molecule has 0 bridgehead atoms. The molecule has 3 N–H and O–H groups in total. The van der Waals surface area contributed by atoms with E-state index in [4.69, 9.17) is 11.6 Å². The predicted molar refractivity (Wildman–Crippen MR) is 114 cm³/mol. The maximum absolute atomic E-state index is 10.2. The lowest BCUT2D eigenvalue weighted by molar-refractivity contribution is 0.184. The summed E-state index contributed by atoms with van der Waals surface area (Å²) < 4.78 is 0.676. The van der Waals surface area contributed by atoms with Crippen molar-refractivity contribution in [1.29, 1.82) is 0 Å². The average molecular weight is 480 g/mol. The zero-order valence-corrected chi connectivity index (χ0v) is 17.8. The quantitative estimate of drug-likeness (QED) is 0.341. The summed E-state index contributed by atoms with van der Waals surface area (Å²) in [5.41, 5.74) is 2.46. The van der Waals surface area contributed by atoms with E-state index in [2.05, 4.69) is 41.6 Å². The van der Waals surface area contributed by atoms with Crippen LogP contribution >= 0.6 is 46.9 Å². The number of nitrogens with one attached hydrogen (secondary N) is 2. The first-order valence-corrected chi connectivity index (χ1v) is 8.66. The van der Waals surface area contributed by atoms with E-state index in [1.165, 1.54) is 22.5 Å². The van der Waals surface area contributed by atoms with E-state index in [1.54, 1.807) is 13.1 Å². The SMILES string of the molecule is CN=C(NCC(O)c1ccc(Cl)s1)NC(C)c1ccccc1C.I. The predicted octanol–water partition coefficient (Wildman–Crippen LogP) is 4.29. The van der Waals surface area contributed by atoms with Gasteiger partial charge in [0.05, 0.1) is 10.4 Å². The molecule has 2 aromatic rings. The van der Waals surface area contributed by atoms with Crippen molar-refractivity contribution < 1.29 is 5.11 Å². The van der Waals surface area contributed by atoms with Gasteiger partial charge in [0.2, 0.25) is 0 Å². The second-order valence-electron chi connectivity index (χ2n) is 5.33. The van der Waals surface area contributed by atoms with Crippen LogP contribution < -0.4 is 10.6 Å². The van der Waals surface area contributed by atoms with Gasteiger partial charge in [-0.3, -0.25) is 4.99 Å². The number of aryl methyl sites for hydroxylation is 1. The van der Waals surface area contributed by atoms with Gasteiger partial charge in [0, 0.05) is 18.5 Å². The molecule has 0 saturated carbocycles. The number of aliphatic hydroxyl groups is 1. The summed E-state index contributed by atoms with van der Waals surface area (Å²) in [5.74, 6) is 0.655.